The Morgan fingerprint density at radius 1 is 1.33 bits per heavy atom. The molecule has 1 heterocycles. The molecule has 0 atom stereocenters. The van der Waals surface area contributed by atoms with Crippen molar-refractivity contribution in [3.63, 3.8) is 0 Å². The van der Waals surface area contributed by atoms with Crippen LogP contribution in [0.2, 0.25) is 0 Å². The highest BCUT2D eigenvalue weighted by Crippen LogP contribution is 2.12. The maximum absolute atomic E-state index is 8.95. The van der Waals surface area contributed by atoms with E-state index in [1.807, 2.05) is 19.9 Å². The summed E-state index contributed by atoms with van der Waals surface area (Å²) < 4.78 is 10.5. The number of nitrogens with zero attached hydrogens (tertiary/aromatic N) is 1. The Bertz CT molecular complexity index is 302. The van der Waals surface area contributed by atoms with E-state index in [-0.39, 0.29) is 6.61 Å². The molecule has 84 valence electrons. The second kappa shape index (κ2) is 6.37. The number of aliphatic hydroxyl groups excluding tert-OH is 1. The zero-order valence-corrected chi connectivity index (χ0v) is 9.19. The van der Waals surface area contributed by atoms with Crippen LogP contribution in [0.5, 0.6) is 5.88 Å². The fourth-order valence-electron chi connectivity index (χ4n) is 1.16. The SMILES string of the molecule is CCOCCOc1ccc(CO)c(C)n1. The van der Waals surface area contributed by atoms with Gasteiger partial charge in [-0.25, -0.2) is 4.98 Å². The van der Waals surface area contributed by atoms with Crippen molar-refractivity contribution in [1.29, 1.82) is 0 Å². The highest BCUT2D eigenvalue weighted by Gasteiger charge is 2.01. The number of hydrogen-bond donors (Lipinski definition) is 1. The molecule has 0 amide bonds. The van der Waals surface area contributed by atoms with Crippen molar-refractivity contribution in [2.75, 3.05) is 19.8 Å². The fraction of sp³-hybridized carbons (Fsp3) is 0.545. The lowest BCUT2D eigenvalue weighted by Gasteiger charge is -2.07. The molecule has 1 rings (SSSR count). The maximum Gasteiger partial charge on any atom is 0.213 e. The molecule has 0 aromatic carbocycles. The summed E-state index contributed by atoms with van der Waals surface area (Å²) >= 11 is 0. The second-order valence-electron chi connectivity index (χ2n) is 3.10. The van der Waals surface area contributed by atoms with E-state index in [9.17, 15) is 0 Å². The van der Waals surface area contributed by atoms with Gasteiger partial charge in [0, 0.05) is 18.4 Å². The third-order valence-electron chi connectivity index (χ3n) is 2.02. The van der Waals surface area contributed by atoms with E-state index in [0.29, 0.717) is 25.7 Å². The molecule has 0 aliphatic heterocycles. The monoisotopic (exact) mass is 211 g/mol. The Hall–Kier alpha value is -1.13. The van der Waals surface area contributed by atoms with Gasteiger partial charge in [-0.15, -0.1) is 0 Å². The Balaban J connectivity index is 2.45. The molecule has 1 aromatic rings. The number of hydrogen-bond acceptors (Lipinski definition) is 4. The summed E-state index contributed by atoms with van der Waals surface area (Å²) in [5.41, 5.74) is 1.62. The van der Waals surface area contributed by atoms with Crippen LogP contribution in [0.15, 0.2) is 12.1 Å². The van der Waals surface area contributed by atoms with Gasteiger partial charge in [0.05, 0.1) is 13.2 Å². The molecule has 0 fully saturated rings. The molecule has 0 radical (unpaired) electrons. The molecule has 0 bridgehead atoms. The van der Waals surface area contributed by atoms with Gasteiger partial charge in [-0.3, -0.25) is 0 Å². The minimum atomic E-state index is 0.0120. The van der Waals surface area contributed by atoms with E-state index in [0.717, 1.165) is 11.3 Å². The highest BCUT2D eigenvalue weighted by molar-refractivity contribution is 5.24. The molecule has 0 spiro atoms. The average molecular weight is 211 g/mol. The van der Waals surface area contributed by atoms with Crippen LogP contribution < -0.4 is 4.74 Å². The number of aromatic nitrogens is 1. The minimum absolute atomic E-state index is 0.0120. The lowest BCUT2D eigenvalue weighted by atomic mass is 10.2. The van der Waals surface area contributed by atoms with Crippen LogP contribution in [0.4, 0.5) is 0 Å². The first-order valence-electron chi connectivity index (χ1n) is 5.05. The largest absolute Gasteiger partial charge is 0.475 e. The predicted octanol–water partition coefficient (Wildman–Crippen LogP) is 1.30. The van der Waals surface area contributed by atoms with Gasteiger partial charge < -0.3 is 14.6 Å². The number of rotatable bonds is 6. The topological polar surface area (TPSA) is 51.6 Å². The van der Waals surface area contributed by atoms with Crippen molar-refractivity contribution in [2.45, 2.75) is 20.5 Å². The lowest BCUT2D eigenvalue weighted by Crippen LogP contribution is -2.07. The van der Waals surface area contributed by atoms with Gasteiger partial charge in [0.2, 0.25) is 5.88 Å². The zero-order chi connectivity index (χ0) is 11.1. The molecule has 0 saturated heterocycles. The standard InChI is InChI=1S/C11H17NO3/c1-3-14-6-7-15-11-5-4-10(8-13)9(2)12-11/h4-5,13H,3,6-8H2,1-2H3. The molecular weight excluding hydrogens is 194 g/mol. The highest BCUT2D eigenvalue weighted by atomic mass is 16.5. The van der Waals surface area contributed by atoms with Gasteiger partial charge in [0.15, 0.2) is 0 Å². The molecule has 0 aliphatic rings. The first-order valence-corrected chi connectivity index (χ1v) is 5.05. The van der Waals surface area contributed by atoms with Crippen LogP contribution >= 0.6 is 0 Å². The van der Waals surface area contributed by atoms with E-state index < -0.39 is 0 Å². The summed E-state index contributed by atoms with van der Waals surface area (Å²) in [6.45, 7) is 5.56. The minimum Gasteiger partial charge on any atom is -0.475 e. The van der Waals surface area contributed by atoms with Crippen LogP contribution in [0.1, 0.15) is 18.2 Å². The van der Waals surface area contributed by atoms with Crippen LogP contribution in [-0.4, -0.2) is 29.9 Å². The number of aliphatic hydroxyl groups is 1. The van der Waals surface area contributed by atoms with E-state index >= 15 is 0 Å². The third kappa shape index (κ3) is 3.85. The Labute approximate surface area is 89.9 Å². The fourth-order valence-corrected chi connectivity index (χ4v) is 1.16. The number of pyridine rings is 1. The van der Waals surface area contributed by atoms with Gasteiger partial charge in [-0.2, -0.15) is 0 Å². The molecule has 0 aliphatic carbocycles. The third-order valence-corrected chi connectivity index (χ3v) is 2.02. The van der Waals surface area contributed by atoms with E-state index in [1.54, 1.807) is 6.07 Å². The maximum atomic E-state index is 8.95. The van der Waals surface area contributed by atoms with E-state index in [4.69, 9.17) is 14.6 Å². The van der Waals surface area contributed by atoms with Crippen molar-refractivity contribution in [3.8, 4) is 5.88 Å². The summed E-state index contributed by atoms with van der Waals surface area (Å²) in [4.78, 5) is 4.20. The summed E-state index contributed by atoms with van der Waals surface area (Å²) in [5, 5.41) is 8.95. The zero-order valence-electron chi connectivity index (χ0n) is 9.19. The number of ether oxygens (including phenoxy) is 2. The van der Waals surface area contributed by atoms with E-state index in [2.05, 4.69) is 4.98 Å². The average Bonchev–Trinajstić information content (AvgIpc) is 2.25. The molecule has 0 unspecified atom stereocenters. The molecule has 4 nitrogen and oxygen atoms in total. The molecule has 0 saturated carbocycles. The van der Waals surface area contributed by atoms with Gasteiger partial charge >= 0.3 is 0 Å². The molecule has 4 heteroatoms. The quantitative estimate of drug-likeness (QED) is 0.720. The van der Waals surface area contributed by atoms with Crippen molar-refractivity contribution in [3.05, 3.63) is 23.4 Å². The Morgan fingerprint density at radius 3 is 2.73 bits per heavy atom. The smallest absolute Gasteiger partial charge is 0.213 e. The van der Waals surface area contributed by atoms with Gasteiger partial charge in [0.25, 0.3) is 0 Å². The molecular formula is C11H17NO3. The second-order valence-corrected chi connectivity index (χ2v) is 3.10. The van der Waals surface area contributed by atoms with Crippen molar-refractivity contribution >= 4 is 0 Å². The number of aryl methyl sites for hydroxylation is 1. The van der Waals surface area contributed by atoms with E-state index in [1.165, 1.54) is 0 Å². The molecule has 1 aromatic heterocycles. The first-order chi connectivity index (χ1) is 7.27. The first kappa shape index (κ1) is 11.9. The summed E-state index contributed by atoms with van der Waals surface area (Å²) in [5.74, 6) is 0.574. The summed E-state index contributed by atoms with van der Waals surface area (Å²) in [6.07, 6.45) is 0. The van der Waals surface area contributed by atoms with Crippen LogP contribution in [0.3, 0.4) is 0 Å². The molecule has 15 heavy (non-hydrogen) atoms. The van der Waals surface area contributed by atoms with Gasteiger partial charge in [-0.1, -0.05) is 0 Å². The van der Waals surface area contributed by atoms with Gasteiger partial charge in [0.1, 0.15) is 6.61 Å². The normalized spacial score (nSPS) is 10.3. The Kier molecular flexibility index (Phi) is 5.07. The van der Waals surface area contributed by atoms with Crippen LogP contribution in [-0.2, 0) is 11.3 Å². The molecule has 1 N–H and O–H groups in total. The van der Waals surface area contributed by atoms with Crippen LogP contribution in [0, 0.1) is 6.92 Å². The van der Waals surface area contributed by atoms with Crippen molar-refractivity contribution in [2.24, 2.45) is 0 Å². The van der Waals surface area contributed by atoms with Gasteiger partial charge in [-0.05, 0) is 25.5 Å². The van der Waals surface area contributed by atoms with Crippen LogP contribution in [0.25, 0.3) is 0 Å². The summed E-state index contributed by atoms with van der Waals surface area (Å²) in [6, 6.07) is 3.57. The lowest BCUT2D eigenvalue weighted by molar-refractivity contribution is 0.108. The predicted molar refractivity (Wildman–Crippen MR) is 56.9 cm³/mol. The van der Waals surface area contributed by atoms with Crippen molar-refractivity contribution in [1.82, 2.24) is 4.98 Å². The van der Waals surface area contributed by atoms with Crippen molar-refractivity contribution < 1.29 is 14.6 Å². The Morgan fingerprint density at radius 2 is 2.13 bits per heavy atom. The summed E-state index contributed by atoms with van der Waals surface area (Å²) in [7, 11) is 0.